The minimum absolute atomic E-state index is 0.0268. The predicted octanol–water partition coefficient (Wildman–Crippen LogP) is 1.26. The van der Waals surface area contributed by atoms with Gasteiger partial charge in [-0.1, -0.05) is 17.7 Å². The van der Waals surface area contributed by atoms with E-state index in [4.69, 9.17) is 17.3 Å². The average molecular weight is 230 g/mol. The van der Waals surface area contributed by atoms with Crippen molar-refractivity contribution in [1.29, 1.82) is 0 Å². The van der Waals surface area contributed by atoms with E-state index in [1.807, 2.05) is 0 Å². The van der Waals surface area contributed by atoms with Crippen LogP contribution in [0.4, 0.5) is 0 Å². The normalized spacial score (nSPS) is 12.2. The summed E-state index contributed by atoms with van der Waals surface area (Å²) in [5.41, 5.74) is 6.09. The van der Waals surface area contributed by atoms with Crippen molar-refractivity contribution in [3.8, 4) is 5.75 Å². The van der Waals surface area contributed by atoms with Crippen LogP contribution < -0.4 is 5.73 Å². The Balaban J connectivity index is 3.02. The second kappa shape index (κ2) is 5.00. The lowest BCUT2D eigenvalue weighted by atomic mass is 9.99. The summed E-state index contributed by atoms with van der Waals surface area (Å²) >= 11 is 5.72. The number of carbonyl (C=O) groups excluding carboxylic acids is 1. The van der Waals surface area contributed by atoms with Crippen LogP contribution >= 0.6 is 11.6 Å². The second-order valence-electron chi connectivity index (χ2n) is 3.02. The Hall–Kier alpha value is -1.26. The monoisotopic (exact) mass is 229 g/mol. The number of halogens is 1. The first kappa shape index (κ1) is 11.8. The molecule has 0 aliphatic carbocycles. The predicted molar refractivity (Wildman–Crippen MR) is 56.9 cm³/mol. The first-order valence-electron chi connectivity index (χ1n) is 4.36. The van der Waals surface area contributed by atoms with Crippen molar-refractivity contribution in [1.82, 2.24) is 0 Å². The summed E-state index contributed by atoms with van der Waals surface area (Å²) in [7, 11) is 1.30. The van der Waals surface area contributed by atoms with E-state index in [2.05, 4.69) is 4.74 Å². The topological polar surface area (TPSA) is 72.5 Å². The maximum absolute atomic E-state index is 11.3. The number of phenols is 1. The molecule has 3 N–H and O–H groups in total. The third kappa shape index (κ3) is 2.61. The average Bonchev–Trinajstić information content (AvgIpc) is 2.24. The van der Waals surface area contributed by atoms with E-state index in [0.29, 0.717) is 5.56 Å². The van der Waals surface area contributed by atoms with Gasteiger partial charge < -0.3 is 15.6 Å². The smallest absolute Gasteiger partial charge is 0.314 e. The summed E-state index contributed by atoms with van der Waals surface area (Å²) in [6, 6.07) is 4.52. The number of methoxy groups -OCH3 is 1. The molecule has 0 amide bonds. The van der Waals surface area contributed by atoms with E-state index < -0.39 is 11.9 Å². The van der Waals surface area contributed by atoms with Crippen molar-refractivity contribution in [2.75, 3.05) is 13.7 Å². The summed E-state index contributed by atoms with van der Waals surface area (Å²) in [6.07, 6.45) is 0. The van der Waals surface area contributed by atoms with Gasteiger partial charge in [-0.2, -0.15) is 0 Å². The SMILES string of the molecule is COC(=O)C(CN)c1ccc(O)c(Cl)c1. The molecule has 0 aliphatic rings. The molecule has 0 fully saturated rings. The van der Waals surface area contributed by atoms with Gasteiger partial charge in [-0.15, -0.1) is 0 Å². The van der Waals surface area contributed by atoms with Gasteiger partial charge in [0, 0.05) is 6.54 Å². The fraction of sp³-hybridized carbons (Fsp3) is 0.300. The van der Waals surface area contributed by atoms with Crippen LogP contribution in [-0.4, -0.2) is 24.7 Å². The number of carbonyl (C=O) groups is 1. The molecule has 0 saturated carbocycles. The van der Waals surface area contributed by atoms with E-state index in [1.165, 1.54) is 19.2 Å². The lowest BCUT2D eigenvalue weighted by molar-refractivity contribution is -0.142. The lowest BCUT2D eigenvalue weighted by Crippen LogP contribution is -2.22. The van der Waals surface area contributed by atoms with E-state index in [0.717, 1.165) is 0 Å². The number of rotatable bonds is 3. The quantitative estimate of drug-likeness (QED) is 0.766. The maximum Gasteiger partial charge on any atom is 0.314 e. The third-order valence-corrected chi connectivity index (χ3v) is 2.40. The molecule has 15 heavy (non-hydrogen) atoms. The Labute approximate surface area is 92.6 Å². The van der Waals surface area contributed by atoms with Crippen LogP contribution in [-0.2, 0) is 9.53 Å². The first-order chi connectivity index (χ1) is 7.10. The molecular weight excluding hydrogens is 218 g/mol. The molecule has 0 radical (unpaired) electrons. The zero-order chi connectivity index (χ0) is 11.4. The van der Waals surface area contributed by atoms with Crippen LogP contribution in [0.5, 0.6) is 5.75 Å². The number of phenolic OH excluding ortho intramolecular Hbond substituents is 1. The van der Waals surface area contributed by atoms with Crippen LogP contribution in [0.2, 0.25) is 5.02 Å². The van der Waals surface area contributed by atoms with Gasteiger partial charge in [0.25, 0.3) is 0 Å². The first-order valence-corrected chi connectivity index (χ1v) is 4.74. The van der Waals surface area contributed by atoms with Crippen LogP contribution in [0.1, 0.15) is 11.5 Å². The molecule has 1 atom stereocenters. The van der Waals surface area contributed by atoms with Crippen LogP contribution in [0.3, 0.4) is 0 Å². The van der Waals surface area contributed by atoms with Crippen molar-refractivity contribution in [2.24, 2.45) is 5.73 Å². The van der Waals surface area contributed by atoms with Gasteiger partial charge >= 0.3 is 5.97 Å². The number of hydrogen-bond donors (Lipinski definition) is 2. The van der Waals surface area contributed by atoms with Gasteiger partial charge in [0.2, 0.25) is 0 Å². The molecule has 0 saturated heterocycles. The molecule has 1 aromatic carbocycles. The highest BCUT2D eigenvalue weighted by atomic mass is 35.5. The number of esters is 1. The van der Waals surface area contributed by atoms with Crippen molar-refractivity contribution in [3.63, 3.8) is 0 Å². The summed E-state index contributed by atoms with van der Waals surface area (Å²) in [5, 5.41) is 9.40. The summed E-state index contributed by atoms with van der Waals surface area (Å²) in [5.74, 6) is -0.992. The highest BCUT2D eigenvalue weighted by Crippen LogP contribution is 2.27. The molecule has 1 aromatic rings. The van der Waals surface area contributed by atoms with Gasteiger partial charge in [-0.25, -0.2) is 0 Å². The highest BCUT2D eigenvalue weighted by molar-refractivity contribution is 6.32. The maximum atomic E-state index is 11.3. The fourth-order valence-corrected chi connectivity index (χ4v) is 1.44. The Morgan fingerprint density at radius 3 is 2.80 bits per heavy atom. The van der Waals surface area contributed by atoms with Crippen LogP contribution in [0.15, 0.2) is 18.2 Å². The Morgan fingerprint density at radius 1 is 1.67 bits per heavy atom. The Bertz CT molecular complexity index is 368. The molecule has 1 unspecified atom stereocenters. The molecule has 0 aromatic heterocycles. The molecular formula is C10H12ClNO3. The molecule has 0 aliphatic heterocycles. The minimum Gasteiger partial charge on any atom is -0.506 e. The summed E-state index contributed by atoms with van der Waals surface area (Å²) < 4.78 is 4.60. The van der Waals surface area contributed by atoms with Gasteiger partial charge in [0.15, 0.2) is 0 Å². The highest BCUT2D eigenvalue weighted by Gasteiger charge is 2.20. The van der Waals surface area contributed by atoms with Crippen molar-refractivity contribution in [2.45, 2.75) is 5.92 Å². The number of benzene rings is 1. The minimum atomic E-state index is -0.548. The molecule has 82 valence electrons. The van der Waals surface area contributed by atoms with E-state index in [9.17, 15) is 9.90 Å². The Kier molecular flexibility index (Phi) is 3.94. The van der Waals surface area contributed by atoms with E-state index in [-0.39, 0.29) is 17.3 Å². The third-order valence-electron chi connectivity index (χ3n) is 2.10. The fourth-order valence-electron chi connectivity index (χ4n) is 1.25. The van der Waals surface area contributed by atoms with Crippen LogP contribution in [0.25, 0.3) is 0 Å². The second-order valence-corrected chi connectivity index (χ2v) is 3.43. The van der Waals surface area contributed by atoms with Gasteiger partial charge in [-0.05, 0) is 17.7 Å². The number of hydrogen-bond acceptors (Lipinski definition) is 4. The lowest BCUT2D eigenvalue weighted by Gasteiger charge is -2.13. The molecule has 0 spiro atoms. The van der Waals surface area contributed by atoms with Gasteiger partial charge in [-0.3, -0.25) is 4.79 Å². The number of aromatic hydroxyl groups is 1. The zero-order valence-corrected chi connectivity index (χ0v) is 8.99. The number of nitrogens with two attached hydrogens (primary N) is 1. The molecule has 4 nitrogen and oxygen atoms in total. The molecule has 0 heterocycles. The van der Waals surface area contributed by atoms with Crippen molar-refractivity contribution in [3.05, 3.63) is 28.8 Å². The van der Waals surface area contributed by atoms with Crippen molar-refractivity contribution >= 4 is 17.6 Å². The standard InChI is InChI=1S/C10H12ClNO3/c1-15-10(14)7(5-12)6-2-3-9(13)8(11)4-6/h2-4,7,13H,5,12H2,1H3. The molecule has 0 bridgehead atoms. The Morgan fingerprint density at radius 2 is 2.33 bits per heavy atom. The van der Waals surface area contributed by atoms with E-state index in [1.54, 1.807) is 6.07 Å². The van der Waals surface area contributed by atoms with E-state index >= 15 is 0 Å². The van der Waals surface area contributed by atoms with Crippen LogP contribution in [0, 0.1) is 0 Å². The number of ether oxygens (including phenoxy) is 1. The molecule has 5 heteroatoms. The molecule has 1 rings (SSSR count). The van der Waals surface area contributed by atoms with Gasteiger partial charge in [0.05, 0.1) is 18.1 Å². The zero-order valence-electron chi connectivity index (χ0n) is 8.24. The summed E-state index contributed by atoms with van der Waals surface area (Å²) in [4.78, 5) is 11.3. The largest absolute Gasteiger partial charge is 0.506 e. The summed E-state index contributed by atoms with van der Waals surface area (Å²) in [6.45, 7) is 0.133. The van der Waals surface area contributed by atoms with Gasteiger partial charge in [0.1, 0.15) is 5.75 Å². The van der Waals surface area contributed by atoms with Crippen molar-refractivity contribution < 1.29 is 14.6 Å².